The van der Waals surface area contributed by atoms with Crippen LogP contribution in [-0.2, 0) is 10.0 Å². The van der Waals surface area contributed by atoms with E-state index in [9.17, 15) is 8.42 Å². The standard InChI is InChI=1S/C14H24N2O2S/c1-4-9-16(10-5-8-15)19(17,18)14-7-6-12(2)13(3)11-14/h6-7,11H,4-5,8-10,15H2,1-3H3. The van der Waals surface area contributed by atoms with Crippen LogP contribution in [0.3, 0.4) is 0 Å². The largest absolute Gasteiger partial charge is 0.330 e. The average Bonchev–Trinajstić information content (AvgIpc) is 2.37. The highest BCUT2D eigenvalue weighted by atomic mass is 32.2. The van der Waals surface area contributed by atoms with Crippen molar-refractivity contribution in [2.24, 2.45) is 5.73 Å². The molecule has 0 aliphatic rings. The summed E-state index contributed by atoms with van der Waals surface area (Å²) in [4.78, 5) is 0.376. The quantitative estimate of drug-likeness (QED) is 0.833. The van der Waals surface area contributed by atoms with Gasteiger partial charge in [-0.05, 0) is 56.5 Å². The van der Waals surface area contributed by atoms with Gasteiger partial charge >= 0.3 is 0 Å². The number of nitrogens with zero attached hydrogens (tertiary/aromatic N) is 1. The van der Waals surface area contributed by atoms with Crippen molar-refractivity contribution in [2.45, 2.75) is 38.5 Å². The van der Waals surface area contributed by atoms with Crippen molar-refractivity contribution in [2.75, 3.05) is 19.6 Å². The molecular weight excluding hydrogens is 260 g/mol. The van der Waals surface area contributed by atoms with Crippen LogP contribution in [0.4, 0.5) is 0 Å². The summed E-state index contributed by atoms with van der Waals surface area (Å²) in [5.41, 5.74) is 7.57. The topological polar surface area (TPSA) is 63.4 Å². The lowest BCUT2D eigenvalue weighted by atomic mass is 10.1. The molecular formula is C14H24N2O2S. The van der Waals surface area contributed by atoms with Gasteiger partial charge in [-0.25, -0.2) is 8.42 Å². The fourth-order valence-corrected chi connectivity index (χ4v) is 3.55. The second kappa shape index (κ2) is 7.03. The highest BCUT2D eigenvalue weighted by Gasteiger charge is 2.23. The monoisotopic (exact) mass is 284 g/mol. The molecule has 1 rings (SSSR count). The van der Waals surface area contributed by atoms with E-state index in [1.54, 1.807) is 12.1 Å². The Morgan fingerprint density at radius 1 is 1.16 bits per heavy atom. The minimum Gasteiger partial charge on any atom is -0.330 e. The minimum atomic E-state index is -3.40. The van der Waals surface area contributed by atoms with Crippen molar-refractivity contribution in [3.05, 3.63) is 29.3 Å². The summed E-state index contributed by atoms with van der Waals surface area (Å²) in [6.07, 6.45) is 1.48. The lowest BCUT2D eigenvalue weighted by molar-refractivity contribution is 0.406. The number of benzene rings is 1. The van der Waals surface area contributed by atoms with Gasteiger partial charge in [0, 0.05) is 13.1 Å². The van der Waals surface area contributed by atoms with Gasteiger partial charge in [0.05, 0.1) is 4.90 Å². The minimum absolute atomic E-state index is 0.376. The summed E-state index contributed by atoms with van der Waals surface area (Å²) in [6.45, 7) is 7.41. The zero-order chi connectivity index (χ0) is 14.5. The lowest BCUT2D eigenvalue weighted by Gasteiger charge is -2.21. The van der Waals surface area contributed by atoms with E-state index in [1.807, 2.05) is 26.8 Å². The molecule has 0 fully saturated rings. The Morgan fingerprint density at radius 3 is 2.37 bits per heavy atom. The molecule has 0 bridgehead atoms. The highest BCUT2D eigenvalue weighted by Crippen LogP contribution is 2.19. The molecule has 0 saturated carbocycles. The van der Waals surface area contributed by atoms with Gasteiger partial charge in [-0.15, -0.1) is 0 Å². The number of nitrogens with two attached hydrogens (primary N) is 1. The molecule has 0 unspecified atom stereocenters. The molecule has 0 aliphatic heterocycles. The molecule has 5 heteroatoms. The molecule has 2 N–H and O–H groups in total. The zero-order valence-electron chi connectivity index (χ0n) is 12.0. The van der Waals surface area contributed by atoms with Gasteiger partial charge in [-0.2, -0.15) is 4.31 Å². The summed E-state index contributed by atoms with van der Waals surface area (Å²) in [5, 5.41) is 0. The van der Waals surface area contributed by atoms with E-state index in [0.29, 0.717) is 31.0 Å². The van der Waals surface area contributed by atoms with Crippen LogP contribution in [-0.4, -0.2) is 32.4 Å². The number of aryl methyl sites for hydroxylation is 2. The van der Waals surface area contributed by atoms with Gasteiger partial charge < -0.3 is 5.73 Å². The van der Waals surface area contributed by atoms with E-state index in [1.165, 1.54) is 4.31 Å². The molecule has 0 atom stereocenters. The summed E-state index contributed by atoms with van der Waals surface area (Å²) < 4.78 is 26.7. The Hall–Kier alpha value is -0.910. The Morgan fingerprint density at radius 2 is 1.84 bits per heavy atom. The lowest BCUT2D eigenvalue weighted by Crippen LogP contribution is -2.33. The average molecular weight is 284 g/mol. The van der Waals surface area contributed by atoms with Crippen LogP contribution < -0.4 is 5.73 Å². The number of sulfonamides is 1. The molecule has 19 heavy (non-hydrogen) atoms. The molecule has 108 valence electrons. The molecule has 0 spiro atoms. The van der Waals surface area contributed by atoms with Crippen LogP contribution in [0, 0.1) is 13.8 Å². The first-order valence-electron chi connectivity index (χ1n) is 6.71. The van der Waals surface area contributed by atoms with Gasteiger partial charge in [0.15, 0.2) is 0 Å². The van der Waals surface area contributed by atoms with Crippen molar-refractivity contribution in [3.8, 4) is 0 Å². The molecule has 0 aromatic heterocycles. The van der Waals surface area contributed by atoms with E-state index in [-0.39, 0.29) is 0 Å². The van der Waals surface area contributed by atoms with Crippen molar-refractivity contribution in [3.63, 3.8) is 0 Å². The van der Waals surface area contributed by atoms with Gasteiger partial charge in [0.25, 0.3) is 0 Å². The Bertz CT molecular complexity index is 512. The van der Waals surface area contributed by atoms with Crippen LogP contribution in [0.2, 0.25) is 0 Å². The first kappa shape index (κ1) is 16.1. The highest BCUT2D eigenvalue weighted by molar-refractivity contribution is 7.89. The Kier molecular flexibility index (Phi) is 5.97. The maximum atomic E-state index is 12.6. The first-order chi connectivity index (χ1) is 8.93. The molecule has 4 nitrogen and oxygen atoms in total. The molecule has 0 radical (unpaired) electrons. The van der Waals surface area contributed by atoms with E-state index >= 15 is 0 Å². The summed E-state index contributed by atoms with van der Waals surface area (Å²) >= 11 is 0. The van der Waals surface area contributed by atoms with Gasteiger partial charge in [0.2, 0.25) is 10.0 Å². The van der Waals surface area contributed by atoms with E-state index < -0.39 is 10.0 Å². The fraction of sp³-hybridized carbons (Fsp3) is 0.571. The second-order valence-electron chi connectivity index (χ2n) is 4.79. The number of hydrogen-bond acceptors (Lipinski definition) is 3. The second-order valence-corrected chi connectivity index (χ2v) is 6.73. The smallest absolute Gasteiger partial charge is 0.243 e. The number of rotatable bonds is 7. The molecule has 0 saturated heterocycles. The zero-order valence-corrected chi connectivity index (χ0v) is 12.8. The third-order valence-corrected chi connectivity index (χ3v) is 5.10. The molecule has 1 aromatic rings. The van der Waals surface area contributed by atoms with E-state index in [2.05, 4.69) is 0 Å². The van der Waals surface area contributed by atoms with Crippen LogP contribution >= 0.6 is 0 Å². The van der Waals surface area contributed by atoms with Crippen molar-refractivity contribution >= 4 is 10.0 Å². The van der Waals surface area contributed by atoms with Gasteiger partial charge in [0.1, 0.15) is 0 Å². The van der Waals surface area contributed by atoms with Crippen molar-refractivity contribution < 1.29 is 8.42 Å². The normalized spacial score (nSPS) is 12.1. The van der Waals surface area contributed by atoms with Crippen LogP contribution in [0.5, 0.6) is 0 Å². The molecule has 0 heterocycles. The Balaban J connectivity index is 3.07. The maximum absolute atomic E-state index is 12.6. The maximum Gasteiger partial charge on any atom is 0.243 e. The van der Waals surface area contributed by atoms with Crippen molar-refractivity contribution in [1.82, 2.24) is 4.31 Å². The predicted octanol–water partition coefficient (Wildman–Crippen LogP) is 2.05. The summed E-state index contributed by atoms with van der Waals surface area (Å²) in [6, 6.07) is 5.29. The third-order valence-electron chi connectivity index (χ3n) is 3.20. The summed E-state index contributed by atoms with van der Waals surface area (Å²) in [5.74, 6) is 0. The third kappa shape index (κ3) is 4.03. The van der Waals surface area contributed by atoms with E-state index in [4.69, 9.17) is 5.73 Å². The van der Waals surface area contributed by atoms with Gasteiger partial charge in [-0.1, -0.05) is 13.0 Å². The summed E-state index contributed by atoms with van der Waals surface area (Å²) in [7, 11) is -3.40. The van der Waals surface area contributed by atoms with E-state index in [0.717, 1.165) is 17.5 Å². The predicted molar refractivity (Wildman–Crippen MR) is 78.6 cm³/mol. The van der Waals surface area contributed by atoms with Crippen LogP contribution in [0.15, 0.2) is 23.1 Å². The molecule has 0 amide bonds. The SMILES string of the molecule is CCCN(CCCN)S(=O)(=O)c1ccc(C)c(C)c1. The van der Waals surface area contributed by atoms with Crippen LogP contribution in [0.25, 0.3) is 0 Å². The van der Waals surface area contributed by atoms with Crippen molar-refractivity contribution in [1.29, 1.82) is 0 Å². The van der Waals surface area contributed by atoms with Crippen LogP contribution in [0.1, 0.15) is 30.9 Å². The fourth-order valence-electron chi connectivity index (χ4n) is 1.89. The number of hydrogen-bond donors (Lipinski definition) is 1. The molecule has 0 aliphatic carbocycles. The first-order valence-corrected chi connectivity index (χ1v) is 8.15. The van der Waals surface area contributed by atoms with Gasteiger partial charge in [-0.3, -0.25) is 0 Å². The molecule has 1 aromatic carbocycles. The Labute approximate surface area is 116 Å².